The molecule has 0 spiro atoms. The summed E-state index contributed by atoms with van der Waals surface area (Å²) in [6.45, 7) is 1.01. The van der Waals surface area contributed by atoms with Gasteiger partial charge in [-0.25, -0.2) is 0 Å². The Bertz CT molecular complexity index is 279. The van der Waals surface area contributed by atoms with Crippen LogP contribution in [0.1, 0.15) is 5.56 Å². The zero-order chi connectivity index (χ0) is 10.2. The quantitative estimate of drug-likeness (QED) is 0.313. The van der Waals surface area contributed by atoms with E-state index in [2.05, 4.69) is 5.32 Å². The molecule has 1 rings (SSSR count). The minimum atomic E-state index is 0. The van der Waals surface area contributed by atoms with Gasteiger partial charge in [-0.15, -0.1) is 12.1 Å². The van der Waals surface area contributed by atoms with Gasteiger partial charge in [-0.2, -0.15) is 17.7 Å². The third kappa shape index (κ3) is 7.17. The summed E-state index contributed by atoms with van der Waals surface area (Å²) in [6, 6.07) is 7.45. The molecule has 5 heteroatoms. The largest absolute Gasteiger partial charge is 1.00 e. The van der Waals surface area contributed by atoms with Crippen molar-refractivity contribution in [1.82, 2.24) is 5.32 Å². The smallest absolute Gasteiger partial charge is 0.376 e. The molecular formula is C10H12KNOS2. The minimum absolute atomic E-state index is 0. The Morgan fingerprint density at radius 1 is 1.33 bits per heavy atom. The summed E-state index contributed by atoms with van der Waals surface area (Å²) < 4.78 is 0. The van der Waals surface area contributed by atoms with E-state index in [1.807, 2.05) is 25.5 Å². The molecule has 15 heavy (non-hydrogen) atoms. The number of hydrogen-bond acceptors (Lipinski definition) is 4. The third-order valence-electron chi connectivity index (χ3n) is 1.56. The number of benzene rings is 1. The van der Waals surface area contributed by atoms with Gasteiger partial charge in [0.05, 0.1) is 6.29 Å². The zero-order valence-electron chi connectivity index (χ0n) is 8.95. The summed E-state index contributed by atoms with van der Waals surface area (Å²) in [5, 5.41) is 3.09. The van der Waals surface area contributed by atoms with Crippen LogP contribution in [0.15, 0.2) is 29.2 Å². The second-order valence-corrected chi connectivity index (χ2v) is 5.12. The molecule has 1 N–H and O–H groups in total. The molecule has 0 aliphatic carbocycles. The second-order valence-electron chi connectivity index (χ2n) is 2.64. The van der Waals surface area contributed by atoms with Crippen LogP contribution in [-0.2, 0) is 4.79 Å². The van der Waals surface area contributed by atoms with Crippen LogP contribution in [-0.4, -0.2) is 25.6 Å². The first kappa shape index (κ1) is 16.2. The fourth-order valence-electron chi connectivity index (χ4n) is 0.832. The van der Waals surface area contributed by atoms with Gasteiger partial charge in [0.25, 0.3) is 0 Å². The fraction of sp³-hybridized carbons (Fsp3) is 0.300. The van der Waals surface area contributed by atoms with Crippen molar-refractivity contribution in [3.05, 3.63) is 29.8 Å². The molecule has 0 amide bonds. The van der Waals surface area contributed by atoms with Gasteiger partial charge in [0.1, 0.15) is 0 Å². The maximum absolute atomic E-state index is 10.3. The van der Waals surface area contributed by atoms with Crippen molar-refractivity contribution >= 4 is 27.9 Å². The van der Waals surface area contributed by atoms with Crippen molar-refractivity contribution < 1.29 is 56.2 Å². The van der Waals surface area contributed by atoms with Crippen molar-refractivity contribution in [2.45, 2.75) is 4.90 Å². The van der Waals surface area contributed by atoms with Gasteiger partial charge in [0.2, 0.25) is 0 Å². The van der Waals surface area contributed by atoms with Crippen molar-refractivity contribution in [2.75, 3.05) is 19.3 Å². The number of hydrogen-bond donors (Lipinski definition) is 1. The normalized spacial score (nSPS) is 9.40. The van der Waals surface area contributed by atoms with Gasteiger partial charge >= 0.3 is 51.4 Å². The molecule has 0 aliphatic heterocycles. The van der Waals surface area contributed by atoms with Crippen molar-refractivity contribution in [2.24, 2.45) is 0 Å². The standard InChI is InChI=1S/C10H12NOS2.K/c1-11-6-7-13-14-10-4-2-9(8-12)3-5-10;/h2-5,11H,6-7H2,1H3;/q-1;+1. The Balaban J connectivity index is 0.00000196. The van der Waals surface area contributed by atoms with Crippen LogP contribution >= 0.6 is 21.6 Å². The van der Waals surface area contributed by atoms with Crippen molar-refractivity contribution in [1.29, 1.82) is 0 Å². The molecule has 2 nitrogen and oxygen atoms in total. The van der Waals surface area contributed by atoms with E-state index < -0.39 is 0 Å². The van der Waals surface area contributed by atoms with E-state index in [1.54, 1.807) is 33.7 Å². The van der Waals surface area contributed by atoms with E-state index in [-0.39, 0.29) is 51.4 Å². The average Bonchev–Trinajstić information content (AvgIpc) is 2.25. The number of nitrogens with one attached hydrogen (secondary N) is 1. The van der Waals surface area contributed by atoms with Crippen LogP contribution in [0.25, 0.3) is 0 Å². The summed E-state index contributed by atoms with van der Waals surface area (Å²) in [5.41, 5.74) is 0.606. The van der Waals surface area contributed by atoms with Crippen LogP contribution in [0.3, 0.4) is 0 Å². The van der Waals surface area contributed by atoms with Crippen LogP contribution in [0.2, 0.25) is 0 Å². The Labute approximate surface area is 141 Å². The van der Waals surface area contributed by atoms with E-state index in [9.17, 15) is 4.79 Å². The number of carbonyl (C=O) groups excluding carboxylic acids is 1. The van der Waals surface area contributed by atoms with E-state index in [1.165, 1.54) is 4.90 Å². The van der Waals surface area contributed by atoms with Gasteiger partial charge in [0, 0.05) is 12.3 Å². The van der Waals surface area contributed by atoms with Crippen LogP contribution in [0.5, 0.6) is 0 Å². The SMILES string of the molecule is CNCCSSc1ccc([C-]=O)cc1.[K+]. The predicted octanol–water partition coefficient (Wildman–Crippen LogP) is -0.892. The zero-order valence-corrected chi connectivity index (χ0v) is 13.7. The summed E-state index contributed by atoms with van der Waals surface area (Å²) in [4.78, 5) is 11.4. The molecule has 0 radical (unpaired) electrons. The maximum atomic E-state index is 10.3. The van der Waals surface area contributed by atoms with Crippen LogP contribution in [0, 0.1) is 0 Å². The molecule has 0 aliphatic rings. The van der Waals surface area contributed by atoms with Crippen LogP contribution in [0.4, 0.5) is 0 Å². The van der Waals surface area contributed by atoms with E-state index >= 15 is 0 Å². The minimum Gasteiger partial charge on any atom is -0.376 e. The monoisotopic (exact) mass is 265 g/mol. The Morgan fingerprint density at radius 2 is 2.00 bits per heavy atom. The van der Waals surface area contributed by atoms with E-state index in [0.29, 0.717) is 5.56 Å². The van der Waals surface area contributed by atoms with Crippen LogP contribution < -0.4 is 56.7 Å². The molecule has 76 valence electrons. The third-order valence-corrected chi connectivity index (χ3v) is 3.95. The molecule has 1 aromatic carbocycles. The van der Waals surface area contributed by atoms with Gasteiger partial charge in [-0.05, 0) is 11.9 Å². The average molecular weight is 265 g/mol. The first-order chi connectivity index (χ1) is 6.86. The van der Waals surface area contributed by atoms with Gasteiger partial charge in [-0.1, -0.05) is 21.6 Å². The first-order valence-electron chi connectivity index (χ1n) is 4.29. The van der Waals surface area contributed by atoms with E-state index in [0.717, 1.165) is 12.3 Å². The molecule has 0 aromatic heterocycles. The molecular weight excluding hydrogens is 253 g/mol. The summed E-state index contributed by atoms with van der Waals surface area (Å²) >= 11 is 0. The molecule has 0 unspecified atom stereocenters. The summed E-state index contributed by atoms with van der Waals surface area (Å²) in [5.74, 6) is 1.07. The Morgan fingerprint density at radius 3 is 2.53 bits per heavy atom. The molecule has 0 atom stereocenters. The van der Waals surface area contributed by atoms with Crippen molar-refractivity contribution in [3.8, 4) is 0 Å². The molecule has 0 saturated carbocycles. The summed E-state index contributed by atoms with van der Waals surface area (Å²) in [7, 11) is 5.47. The molecule has 0 fully saturated rings. The maximum Gasteiger partial charge on any atom is 1.00 e. The summed E-state index contributed by atoms with van der Waals surface area (Å²) in [6.07, 6.45) is 1.85. The molecule has 0 heterocycles. The number of rotatable bonds is 6. The second kappa shape index (κ2) is 10.3. The van der Waals surface area contributed by atoms with E-state index in [4.69, 9.17) is 0 Å². The van der Waals surface area contributed by atoms with Gasteiger partial charge in [-0.3, -0.25) is 0 Å². The first-order valence-corrected chi connectivity index (χ1v) is 6.61. The molecule has 0 saturated heterocycles. The predicted molar refractivity (Wildman–Crippen MR) is 63.5 cm³/mol. The van der Waals surface area contributed by atoms with Gasteiger partial charge < -0.3 is 10.1 Å². The van der Waals surface area contributed by atoms with Gasteiger partial charge in [0.15, 0.2) is 0 Å². The Hall–Kier alpha value is 1.19. The van der Waals surface area contributed by atoms with Crippen molar-refractivity contribution in [3.63, 3.8) is 0 Å². The topological polar surface area (TPSA) is 29.1 Å². The fourth-order valence-corrected chi connectivity index (χ4v) is 2.83. The Kier molecular flexibility index (Phi) is 11.2. The molecule has 1 aromatic rings. The molecule has 0 bridgehead atoms.